The molecule has 2 aromatic carbocycles. The number of carbonyl (C=O) groups excluding carboxylic acids is 1. The van der Waals surface area contributed by atoms with Crippen molar-refractivity contribution in [2.45, 2.75) is 6.42 Å². The summed E-state index contributed by atoms with van der Waals surface area (Å²) >= 11 is 0. The Hall–Kier alpha value is -2.91. The van der Waals surface area contributed by atoms with E-state index in [2.05, 4.69) is 20.4 Å². The van der Waals surface area contributed by atoms with Crippen LogP contribution in [0.25, 0.3) is 10.9 Å². The molecule has 0 saturated carbocycles. The number of nitrogens with zero attached hydrogens (tertiary/aromatic N) is 3. The van der Waals surface area contributed by atoms with Crippen LogP contribution in [-0.2, 0) is 10.0 Å². The topological polar surface area (TPSA) is 98.4 Å². The van der Waals surface area contributed by atoms with Gasteiger partial charge in [-0.05, 0) is 24.6 Å². The molecule has 0 radical (unpaired) electrons. The van der Waals surface area contributed by atoms with Crippen LogP contribution in [0.5, 0.6) is 0 Å². The Bertz CT molecular complexity index is 1110. The second-order valence-corrected chi connectivity index (χ2v) is 9.35. The number of sulfonamides is 1. The van der Waals surface area contributed by atoms with E-state index in [0.717, 1.165) is 16.6 Å². The zero-order valence-electron chi connectivity index (χ0n) is 16.6. The standard InChI is InChI=1S/C21H25N5O3S/c27-21(20-18-9-4-5-10-19(18)23-24-20)22-11-6-16-30(28,29)26-14-12-25(13-15-26)17-7-2-1-3-8-17/h1-5,7-10H,6,11-16H2,(H,22,27)(H,23,24). The fraction of sp³-hybridized carbons (Fsp3) is 0.333. The molecule has 9 heteroatoms. The first-order chi connectivity index (χ1) is 14.5. The number of para-hydroxylation sites is 2. The van der Waals surface area contributed by atoms with Crippen LogP contribution in [0, 0.1) is 0 Å². The lowest BCUT2D eigenvalue weighted by atomic mass is 10.2. The molecule has 0 spiro atoms. The average Bonchev–Trinajstić information content (AvgIpc) is 3.22. The van der Waals surface area contributed by atoms with Crippen molar-refractivity contribution < 1.29 is 13.2 Å². The van der Waals surface area contributed by atoms with Crippen LogP contribution in [0.1, 0.15) is 16.9 Å². The second-order valence-electron chi connectivity index (χ2n) is 7.26. The van der Waals surface area contributed by atoms with E-state index >= 15 is 0 Å². The molecule has 0 bridgehead atoms. The van der Waals surface area contributed by atoms with Crippen LogP contribution in [0.2, 0.25) is 0 Å². The summed E-state index contributed by atoms with van der Waals surface area (Å²) in [6.45, 7) is 2.58. The number of hydrogen-bond donors (Lipinski definition) is 2. The van der Waals surface area contributed by atoms with Crippen molar-refractivity contribution in [2.75, 3.05) is 43.4 Å². The molecule has 2 heterocycles. The molecule has 158 valence electrons. The number of aromatic amines is 1. The number of nitrogens with one attached hydrogen (secondary N) is 2. The van der Waals surface area contributed by atoms with Gasteiger partial charge in [0.2, 0.25) is 10.0 Å². The van der Waals surface area contributed by atoms with E-state index in [1.165, 1.54) is 0 Å². The van der Waals surface area contributed by atoms with Gasteiger partial charge in [0.15, 0.2) is 5.69 Å². The van der Waals surface area contributed by atoms with E-state index in [1.54, 1.807) is 4.31 Å². The number of H-pyrrole nitrogens is 1. The summed E-state index contributed by atoms with van der Waals surface area (Å²) < 4.78 is 26.9. The quantitative estimate of drug-likeness (QED) is 0.561. The third-order valence-corrected chi connectivity index (χ3v) is 7.26. The molecule has 4 rings (SSSR count). The van der Waals surface area contributed by atoms with Gasteiger partial charge in [0, 0.05) is 43.8 Å². The van der Waals surface area contributed by atoms with E-state index in [0.29, 0.717) is 38.3 Å². The van der Waals surface area contributed by atoms with Crippen LogP contribution in [0.3, 0.4) is 0 Å². The Morgan fingerprint density at radius 2 is 1.70 bits per heavy atom. The summed E-state index contributed by atoms with van der Waals surface area (Å²) in [6, 6.07) is 17.4. The van der Waals surface area contributed by atoms with Gasteiger partial charge in [-0.25, -0.2) is 8.42 Å². The third kappa shape index (κ3) is 4.47. The van der Waals surface area contributed by atoms with Gasteiger partial charge in [0.1, 0.15) is 0 Å². The number of anilines is 1. The largest absolute Gasteiger partial charge is 0.369 e. The van der Waals surface area contributed by atoms with Crippen molar-refractivity contribution >= 4 is 32.5 Å². The SMILES string of the molecule is O=C(NCCCS(=O)(=O)N1CCN(c2ccccc2)CC1)c1n[nH]c2ccccc12. The fourth-order valence-corrected chi connectivity index (χ4v) is 5.16. The van der Waals surface area contributed by atoms with Gasteiger partial charge in [-0.3, -0.25) is 9.89 Å². The highest BCUT2D eigenvalue weighted by Crippen LogP contribution is 2.18. The number of amides is 1. The summed E-state index contributed by atoms with van der Waals surface area (Å²) in [4.78, 5) is 14.6. The predicted molar refractivity (Wildman–Crippen MR) is 117 cm³/mol. The summed E-state index contributed by atoms with van der Waals surface area (Å²) in [5, 5.41) is 10.4. The average molecular weight is 428 g/mol. The molecule has 1 aliphatic rings. The molecule has 8 nitrogen and oxygen atoms in total. The summed E-state index contributed by atoms with van der Waals surface area (Å²) in [5.74, 6) is -0.291. The van der Waals surface area contributed by atoms with Crippen molar-refractivity contribution in [1.29, 1.82) is 0 Å². The number of rotatable bonds is 7. The molecule has 1 aromatic heterocycles. The zero-order chi connectivity index (χ0) is 21.0. The first-order valence-electron chi connectivity index (χ1n) is 10.0. The van der Waals surface area contributed by atoms with Gasteiger partial charge < -0.3 is 10.2 Å². The number of aromatic nitrogens is 2. The van der Waals surface area contributed by atoms with Crippen LogP contribution in [0.4, 0.5) is 5.69 Å². The van der Waals surface area contributed by atoms with Crippen LogP contribution in [-0.4, -0.2) is 67.3 Å². The van der Waals surface area contributed by atoms with E-state index in [4.69, 9.17) is 0 Å². The lowest BCUT2D eigenvalue weighted by Gasteiger charge is -2.35. The van der Waals surface area contributed by atoms with Crippen molar-refractivity contribution in [3.05, 3.63) is 60.3 Å². The van der Waals surface area contributed by atoms with E-state index in [9.17, 15) is 13.2 Å². The lowest BCUT2D eigenvalue weighted by Crippen LogP contribution is -2.49. The van der Waals surface area contributed by atoms with Crippen LogP contribution < -0.4 is 10.2 Å². The molecule has 1 amide bonds. The smallest absolute Gasteiger partial charge is 0.272 e. The Balaban J connectivity index is 1.24. The van der Waals surface area contributed by atoms with Gasteiger partial charge in [0.25, 0.3) is 5.91 Å². The highest BCUT2D eigenvalue weighted by molar-refractivity contribution is 7.89. The molecule has 3 aromatic rings. The number of carbonyl (C=O) groups is 1. The Kier molecular flexibility index (Phi) is 6.01. The number of piperazine rings is 1. The molecular formula is C21H25N5O3S. The molecule has 2 N–H and O–H groups in total. The summed E-state index contributed by atoms with van der Waals surface area (Å²) in [6.07, 6.45) is 0.356. The van der Waals surface area contributed by atoms with Gasteiger partial charge >= 0.3 is 0 Å². The minimum absolute atomic E-state index is 0.0138. The molecule has 1 aliphatic heterocycles. The highest BCUT2D eigenvalue weighted by Gasteiger charge is 2.26. The van der Waals surface area contributed by atoms with Gasteiger partial charge in [-0.15, -0.1) is 0 Å². The minimum Gasteiger partial charge on any atom is -0.369 e. The maximum atomic E-state index is 12.7. The number of hydrogen-bond acceptors (Lipinski definition) is 5. The minimum atomic E-state index is -3.34. The predicted octanol–water partition coefficient (Wildman–Crippen LogP) is 1.83. The highest BCUT2D eigenvalue weighted by atomic mass is 32.2. The van der Waals surface area contributed by atoms with Crippen molar-refractivity contribution in [3.63, 3.8) is 0 Å². The van der Waals surface area contributed by atoms with Gasteiger partial charge in [-0.1, -0.05) is 36.4 Å². The monoisotopic (exact) mass is 427 g/mol. The molecular weight excluding hydrogens is 402 g/mol. The van der Waals surface area contributed by atoms with Crippen molar-refractivity contribution in [2.24, 2.45) is 0 Å². The summed E-state index contributed by atoms with van der Waals surface area (Å²) in [7, 11) is -3.34. The molecule has 0 aliphatic carbocycles. The zero-order valence-corrected chi connectivity index (χ0v) is 17.4. The van der Waals surface area contributed by atoms with Crippen LogP contribution in [0.15, 0.2) is 54.6 Å². The maximum Gasteiger partial charge on any atom is 0.272 e. The second kappa shape index (κ2) is 8.85. The van der Waals surface area contributed by atoms with Crippen molar-refractivity contribution in [1.82, 2.24) is 19.8 Å². The summed E-state index contributed by atoms with van der Waals surface area (Å²) in [5.41, 5.74) is 2.23. The first kappa shape index (κ1) is 20.4. The number of benzene rings is 2. The molecule has 0 atom stereocenters. The van der Waals surface area contributed by atoms with E-state index < -0.39 is 10.0 Å². The third-order valence-electron chi connectivity index (χ3n) is 5.30. The Labute approximate surface area is 175 Å². The molecule has 0 unspecified atom stereocenters. The molecule has 30 heavy (non-hydrogen) atoms. The van der Waals surface area contributed by atoms with Crippen molar-refractivity contribution in [3.8, 4) is 0 Å². The normalized spacial score (nSPS) is 15.4. The van der Waals surface area contributed by atoms with Crippen LogP contribution >= 0.6 is 0 Å². The van der Waals surface area contributed by atoms with Gasteiger partial charge in [0.05, 0.1) is 11.3 Å². The van der Waals surface area contributed by atoms with Gasteiger partial charge in [-0.2, -0.15) is 9.40 Å². The molecule has 1 saturated heterocycles. The van der Waals surface area contributed by atoms with E-state index in [1.807, 2.05) is 54.6 Å². The Morgan fingerprint density at radius 1 is 1.00 bits per heavy atom. The Morgan fingerprint density at radius 3 is 2.47 bits per heavy atom. The lowest BCUT2D eigenvalue weighted by molar-refractivity contribution is 0.0950. The fourth-order valence-electron chi connectivity index (χ4n) is 3.67. The molecule has 1 fully saturated rings. The van der Waals surface area contributed by atoms with E-state index in [-0.39, 0.29) is 18.2 Å². The maximum absolute atomic E-state index is 12.7. The first-order valence-corrected chi connectivity index (χ1v) is 11.6. The number of fused-ring (bicyclic) bond motifs is 1.